The van der Waals surface area contributed by atoms with Crippen molar-refractivity contribution in [1.82, 2.24) is 0 Å². The minimum absolute atomic E-state index is 0.0364. The van der Waals surface area contributed by atoms with E-state index in [4.69, 9.17) is 18.8 Å². The second-order valence-corrected chi connectivity index (χ2v) is 10.4. The zero-order valence-corrected chi connectivity index (χ0v) is 18.3. The number of rotatable bonds is 3. The standard InChI is InChI=1S/C22H30BFO5/c1-20(2,3)27-19(25)14-10-13(24)11-15(18(14)26-7)23-28-17-9-12-8-16(21(12,4)5)22(17,6)29-23/h10-12,16-17H,8-9H2,1-7H3/t12?,16-,17?,22-/m0/s1. The van der Waals surface area contributed by atoms with E-state index >= 15 is 0 Å². The second kappa shape index (κ2) is 6.45. The molecule has 0 radical (unpaired) electrons. The van der Waals surface area contributed by atoms with Gasteiger partial charge in [-0.3, -0.25) is 0 Å². The first-order chi connectivity index (χ1) is 13.4. The average molecular weight is 404 g/mol. The van der Waals surface area contributed by atoms with Gasteiger partial charge in [0.25, 0.3) is 0 Å². The fourth-order valence-corrected chi connectivity index (χ4v) is 5.50. The van der Waals surface area contributed by atoms with Gasteiger partial charge in [0.2, 0.25) is 0 Å². The number of halogens is 1. The summed E-state index contributed by atoms with van der Waals surface area (Å²) >= 11 is 0. The van der Waals surface area contributed by atoms with E-state index in [9.17, 15) is 9.18 Å². The molecular formula is C22H30BFO5. The SMILES string of the molecule is COc1c(B2OC3CC4C[C@@H](C4(C)C)[C@]3(C)O2)cc(F)cc1C(=O)OC(C)(C)C. The fourth-order valence-electron chi connectivity index (χ4n) is 5.50. The number of methoxy groups -OCH3 is 1. The molecule has 29 heavy (non-hydrogen) atoms. The van der Waals surface area contributed by atoms with Crippen LogP contribution in [-0.2, 0) is 14.0 Å². The molecule has 0 amide bonds. The zero-order chi connectivity index (χ0) is 21.4. The van der Waals surface area contributed by atoms with E-state index in [0.717, 1.165) is 18.9 Å². The summed E-state index contributed by atoms with van der Waals surface area (Å²) in [6.07, 6.45) is 1.99. The Labute approximate surface area is 172 Å². The van der Waals surface area contributed by atoms with Gasteiger partial charge in [0.05, 0.1) is 18.8 Å². The van der Waals surface area contributed by atoms with Crippen LogP contribution in [0.2, 0.25) is 0 Å². The highest BCUT2D eigenvalue weighted by molar-refractivity contribution is 6.63. The molecule has 1 heterocycles. The van der Waals surface area contributed by atoms with Crippen LogP contribution in [0.4, 0.5) is 4.39 Å². The summed E-state index contributed by atoms with van der Waals surface area (Å²) in [4.78, 5) is 12.7. The van der Waals surface area contributed by atoms with Crippen LogP contribution in [0.15, 0.2) is 12.1 Å². The van der Waals surface area contributed by atoms with Crippen molar-refractivity contribution < 1.29 is 28.0 Å². The Morgan fingerprint density at radius 2 is 1.93 bits per heavy atom. The lowest BCUT2D eigenvalue weighted by atomic mass is 9.43. The number of esters is 1. The minimum atomic E-state index is -0.785. The molecule has 0 aromatic heterocycles. The van der Waals surface area contributed by atoms with Crippen LogP contribution in [0.3, 0.4) is 0 Å². The normalized spacial score (nSPS) is 32.4. The lowest BCUT2D eigenvalue weighted by Gasteiger charge is -2.64. The molecule has 158 valence electrons. The highest BCUT2D eigenvalue weighted by Crippen LogP contribution is 2.65. The smallest absolute Gasteiger partial charge is 0.496 e. The molecule has 5 rings (SSSR count). The molecule has 4 aliphatic rings. The molecule has 1 aromatic rings. The quantitative estimate of drug-likeness (QED) is 0.568. The molecule has 3 saturated carbocycles. The van der Waals surface area contributed by atoms with E-state index in [1.165, 1.54) is 13.2 Å². The van der Waals surface area contributed by atoms with Crippen LogP contribution < -0.4 is 10.2 Å². The van der Waals surface area contributed by atoms with Crippen molar-refractivity contribution in [3.63, 3.8) is 0 Å². The number of benzene rings is 1. The third-order valence-corrected chi connectivity index (χ3v) is 7.11. The summed E-state index contributed by atoms with van der Waals surface area (Å²) in [5, 5.41) is 0. The maximum absolute atomic E-state index is 14.5. The molecule has 3 aliphatic carbocycles. The highest BCUT2D eigenvalue weighted by atomic mass is 19.1. The Balaban J connectivity index is 1.69. The van der Waals surface area contributed by atoms with Gasteiger partial charge in [0.1, 0.15) is 22.7 Å². The van der Waals surface area contributed by atoms with Crippen LogP contribution >= 0.6 is 0 Å². The fraction of sp³-hybridized carbons (Fsp3) is 0.682. The van der Waals surface area contributed by atoms with Gasteiger partial charge < -0.3 is 18.8 Å². The van der Waals surface area contributed by atoms with E-state index in [0.29, 0.717) is 17.3 Å². The first kappa shape index (κ1) is 20.7. The van der Waals surface area contributed by atoms with Crippen molar-refractivity contribution in [2.75, 3.05) is 7.11 Å². The van der Waals surface area contributed by atoms with E-state index in [1.54, 1.807) is 20.8 Å². The summed E-state index contributed by atoms with van der Waals surface area (Å²) in [6, 6.07) is 2.47. The molecule has 0 N–H and O–H groups in total. The minimum Gasteiger partial charge on any atom is -0.496 e. The second-order valence-electron chi connectivity index (χ2n) is 10.4. The predicted molar refractivity (Wildman–Crippen MR) is 108 cm³/mol. The molecule has 1 aliphatic heterocycles. The molecule has 5 nitrogen and oxygen atoms in total. The molecular weight excluding hydrogens is 374 g/mol. The predicted octanol–water partition coefficient (Wildman–Crippen LogP) is 3.72. The van der Waals surface area contributed by atoms with Gasteiger partial charge >= 0.3 is 13.1 Å². The lowest BCUT2D eigenvalue weighted by Crippen LogP contribution is -2.65. The van der Waals surface area contributed by atoms with E-state index < -0.39 is 30.1 Å². The van der Waals surface area contributed by atoms with Gasteiger partial charge in [-0.15, -0.1) is 0 Å². The summed E-state index contributed by atoms with van der Waals surface area (Å²) < 4.78 is 38.1. The molecule has 2 unspecified atom stereocenters. The number of hydrogen-bond donors (Lipinski definition) is 0. The van der Waals surface area contributed by atoms with Gasteiger partial charge in [0.15, 0.2) is 0 Å². The van der Waals surface area contributed by atoms with Crippen molar-refractivity contribution in [2.24, 2.45) is 17.3 Å². The largest absolute Gasteiger partial charge is 0.498 e. The first-order valence-corrected chi connectivity index (χ1v) is 10.3. The average Bonchev–Trinajstić information content (AvgIpc) is 2.96. The molecule has 0 spiro atoms. The summed E-state index contributed by atoms with van der Waals surface area (Å²) in [7, 11) is 0.668. The number of carbonyl (C=O) groups excluding carboxylic acids is 1. The van der Waals surface area contributed by atoms with Crippen LogP contribution in [0.5, 0.6) is 5.75 Å². The van der Waals surface area contributed by atoms with Gasteiger partial charge in [-0.1, -0.05) is 13.8 Å². The zero-order valence-electron chi connectivity index (χ0n) is 18.3. The highest BCUT2D eigenvalue weighted by Gasteiger charge is 2.68. The van der Waals surface area contributed by atoms with Crippen molar-refractivity contribution in [3.8, 4) is 5.75 Å². The monoisotopic (exact) mass is 404 g/mol. The molecule has 7 heteroatoms. The Bertz CT molecular complexity index is 848. The number of carbonyl (C=O) groups is 1. The van der Waals surface area contributed by atoms with E-state index in [-0.39, 0.29) is 22.8 Å². The Morgan fingerprint density at radius 3 is 2.52 bits per heavy atom. The third-order valence-electron chi connectivity index (χ3n) is 7.11. The molecule has 4 atom stereocenters. The van der Waals surface area contributed by atoms with Crippen LogP contribution in [-0.4, -0.2) is 37.5 Å². The third kappa shape index (κ3) is 3.17. The summed E-state index contributed by atoms with van der Waals surface area (Å²) in [6.45, 7) is 12.0. The maximum atomic E-state index is 14.5. The van der Waals surface area contributed by atoms with Crippen LogP contribution in [0.25, 0.3) is 0 Å². The topological polar surface area (TPSA) is 54.0 Å². The van der Waals surface area contributed by atoms with E-state index in [1.807, 2.05) is 0 Å². The van der Waals surface area contributed by atoms with Crippen LogP contribution in [0.1, 0.15) is 64.7 Å². The first-order valence-electron chi connectivity index (χ1n) is 10.3. The summed E-state index contributed by atoms with van der Waals surface area (Å²) in [5.74, 6) is 0.0337. The Hall–Kier alpha value is -1.60. The van der Waals surface area contributed by atoms with Gasteiger partial charge in [-0.05, 0) is 69.9 Å². The van der Waals surface area contributed by atoms with Crippen molar-refractivity contribution >= 4 is 18.6 Å². The van der Waals surface area contributed by atoms with Crippen LogP contribution in [0, 0.1) is 23.1 Å². The molecule has 2 bridgehead atoms. The Kier molecular flexibility index (Phi) is 4.60. The van der Waals surface area contributed by atoms with E-state index in [2.05, 4.69) is 20.8 Å². The van der Waals surface area contributed by atoms with Gasteiger partial charge in [-0.2, -0.15) is 0 Å². The number of hydrogen-bond acceptors (Lipinski definition) is 5. The van der Waals surface area contributed by atoms with Crippen molar-refractivity contribution in [1.29, 1.82) is 0 Å². The van der Waals surface area contributed by atoms with Crippen molar-refractivity contribution in [3.05, 3.63) is 23.5 Å². The van der Waals surface area contributed by atoms with Crippen molar-refractivity contribution in [2.45, 2.75) is 71.7 Å². The molecule has 4 fully saturated rings. The lowest BCUT2D eigenvalue weighted by molar-refractivity contribution is -0.199. The van der Waals surface area contributed by atoms with Gasteiger partial charge in [-0.25, -0.2) is 9.18 Å². The van der Waals surface area contributed by atoms with Gasteiger partial charge in [0, 0.05) is 5.46 Å². The molecule has 1 aromatic carbocycles. The molecule has 1 saturated heterocycles. The maximum Gasteiger partial charge on any atom is 0.498 e. The number of ether oxygens (including phenoxy) is 2. The Morgan fingerprint density at radius 1 is 1.24 bits per heavy atom. The summed E-state index contributed by atoms with van der Waals surface area (Å²) in [5.41, 5.74) is -0.513.